The van der Waals surface area contributed by atoms with Gasteiger partial charge in [0.05, 0.1) is 11.4 Å². The Morgan fingerprint density at radius 2 is 1.02 bits per heavy atom. The van der Waals surface area contributed by atoms with Gasteiger partial charge in [0.25, 0.3) is 0 Å². The highest BCUT2D eigenvalue weighted by atomic mass is 16.3. The van der Waals surface area contributed by atoms with Crippen LogP contribution in [0.4, 0.5) is 17.2 Å². The summed E-state index contributed by atoms with van der Waals surface area (Å²) in [4.78, 5) is 12.2. The van der Waals surface area contributed by atoms with Crippen molar-refractivity contribution >= 4 is 17.2 Å². The number of phenols is 1. The predicted octanol–water partition coefficient (Wildman–Crippen LogP) is 11.9. The summed E-state index contributed by atoms with van der Waals surface area (Å²) in [6, 6.07) is 64.2. The molecule has 0 bridgehead atoms. The number of anilines is 3. The van der Waals surface area contributed by atoms with Crippen LogP contribution in [0, 0.1) is 0 Å². The fraction of sp³-hybridized carbons (Fsp3) is 0.0213. The third-order valence-electron chi connectivity index (χ3n) is 9.02. The zero-order valence-corrected chi connectivity index (χ0v) is 28.0. The van der Waals surface area contributed by atoms with E-state index in [4.69, 9.17) is 9.97 Å². The molecule has 0 saturated carbocycles. The molecule has 4 heteroatoms. The standard InChI is InChI=1S/C47H35N3O/c51-46-21-11-10-20-43(46)45-33-39(37-25-23-35(24-26-37)28-34-14-4-1-5-15-34)32-44(49-45)40-29-38(36-16-6-2-7-17-36)30-42(31-40)50(41-18-8-3-9-19-41)47-22-12-13-27-48-47/h1-27,29-33,51H,28H2. The molecule has 8 aromatic rings. The lowest BCUT2D eigenvalue weighted by Crippen LogP contribution is -2.11. The van der Waals surface area contributed by atoms with Crippen LogP contribution in [0.1, 0.15) is 11.1 Å². The normalized spacial score (nSPS) is 10.9. The van der Waals surface area contributed by atoms with Gasteiger partial charge in [-0.1, -0.05) is 121 Å². The summed E-state index contributed by atoms with van der Waals surface area (Å²) >= 11 is 0. The first kappa shape index (κ1) is 31.5. The quantitative estimate of drug-likeness (QED) is 0.168. The second kappa shape index (κ2) is 14.4. The van der Waals surface area contributed by atoms with Crippen molar-refractivity contribution in [3.63, 3.8) is 0 Å². The molecule has 0 spiro atoms. The number of hydrogen-bond donors (Lipinski definition) is 1. The summed E-state index contributed by atoms with van der Waals surface area (Å²) in [5.41, 5.74) is 11.9. The summed E-state index contributed by atoms with van der Waals surface area (Å²) in [6.07, 6.45) is 2.69. The molecule has 0 radical (unpaired) electrons. The molecular weight excluding hydrogens is 623 g/mol. The summed E-state index contributed by atoms with van der Waals surface area (Å²) < 4.78 is 0. The van der Waals surface area contributed by atoms with E-state index < -0.39 is 0 Å². The molecule has 0 atom stereocenters. The third-order valence-corrected chi connectivity index (χ3v) is 9.02. The van der Waals surface area contributed by atoms with Crippen molar-refractivity contribution in [2.45, 2.75) is 6.42 Å². The first-order chi connectivity index (χ1) is 25.2. The van der Waals surface area contributed by atoms with Crippen molar-refractivity contribution < 1.29 is 5.11 Å². The average molecular weight is 658 g/mol. The molecule has 0 amide bonds. The molecule has 244 valence electrons. The molecular formula is C47H35N3O. The molecule has 0 aliphatic carbocycles. The minimum absolute atomic E-state index is 0.190. The molecule has 2 heterocycles. The van der Waals surface area contributed by atoms with E-state index in [1.807, 2.05) is 72.9 Å². The Morgan fingerprint density at radius 1 is 0.431 bits per heavy atom. The first-order valence-electron chi connectivity index (χ1n) is 17.1. The SMILES string of the molecule is Oc1ccccc1-c1cc(-c2ccc(Cc3ccccc3)cc2)cc(-c2cc(-c3ccccc3)cc(N(c3ccccc3)c3ccccn3)c2)n1. The van der Waals surface area contributed by atoms with E-state index >= 15 is 0 Å². The Morgan fingerprint density at radius 3 is 1.75 bits per heavy atom. The van der Waals surface area contributed by atoms with Gasteiger partial charge in [-0.05, 0) is 107 Å². The number of pyridine rings is 2. The molecule has 0 saturated heterocycles. The Labute approximate surface area is 298 Å². The van der Waals surface area contributed by atoms with E-state index in [-0.39, 0.29) is 5.75 Å². The van der Waals surface area contributed by atoms with E-state index in [0.717, 1.165) is 57.1 Å². The minimum Gasteiger partial charge on any atom is -0.507 e. The second-order valence-corrected chi connectivity index (χ2v) is 12.5. The maximum atomic E-state index is 11.0. The minimum atomic E-state index is 0.190. The maximum absolute atomic E-state index is 11.0. The van der Waals surface area contributed by atoms with Gasteiger partial charge in [0, 0.05) is 28.7 Å². The number of aromatic hydroxyl groups is 1. The van der Waals surface area contributed by atoms with Gasteiger partial charge in [-0.3, -0.25) is 4.90 Å². The maximum Gasteiger partial charge on any atom is 0.137 e. The van der Waals surface area contributed by atoms with Gasteiger partial charge in [0.1, 0.15) is 11.6 Å². The Kier molecular flexibility index (Phi) is 8.87. The molecule has 0 aliphatic rings. The Hall–Kier alpha value is -6.78. The molecule has 0 aliphatic heterocycles. The van der Waals surface area contributed by atoms with E-state index in [1.165, 1.54) is 11.1 Å². The molecule has 8 rings (SSSR count). The summed E-state index contributed by atoms with van der Waals surface area (Å²) in [5.74, 6) is 1.00. The average Bonchev–Trinajstić information content (AvgIpc) is 3.20. The number of para-hydroxylation sites is 2. The second-order valence-electron chi connectivity index (χ2n) is 12.5. The lowest BCUT2D eigenvalue weighted by Gasteiger charge is -2.25. The molecule has 4 nitrogen and oxygen atoms in total. The smallest absolute Gasteiger partial charge is 0.137 e. The van der Waals surface area contributed by atoms with E-state index in [2.05, 4.69) is 120 Å². The third kappa shape index (κ3) is 7.03. The molecule has 2 aromatic heterocycles. The van der Waals surface area contributed by atoms with Gasteiger partial charge in [0.15, 0.2) is 0 Å². The van der Waals surface area contributed by atoms with Crippen LogP contribution in [-0.4, -0.2) is 15.1 Å². The van der Waals surface area contributed by atoms with Crippen LogP contribution in [0.25, 0.3) is 44.8 Å². The summed E-state index contributed by atoms with van der Waals surface area (Å²) in [6.45, 7) is 0. The number of nitrogens with zero attached hydrogens (tertiary/aromatic N) is 3. The van der Waals surface area contributed by atoms with Crippen molar-refractivity contribution in [3.8, 4) is 50.5 Å². The predicted molar refractivity (Wildman–Crippen MR) is 209 cm³/mol. The largest absolute Gasteiger partial charge is 0.507 e. The van der Waals surface area contributed by atoms with Crippen molar-refractivity contribution in [1.82, 2.24) is 9.97 Å². The molecule has 1 N–H and O–H groups in total. The van der Waals surface area contributed by atoms with Crippen LogP contribution in [0.2, 0.25) is 0 Å². The number of phenolic OH excluding ortho intramolecular Hbond substituents is 1. The molecule has 0 unspecified atom stereocenters. The van der Waals surface area contributed by atoms with Gasteiger partial charge >= 0.3 is 0 Å². The highest BCUT2D eigenvalue weighted by Gasteiger charge is 2.18. The van der Waals surface area contributed by atoms with Crippen LogP contribution in [0.3, 0.4) is 0 Å². The number of aromatic nitrogens is 2. The zero-order valence-electron chi connectivity index (χ0n) is 28.0. The topological polar surface area (TPSA) is 49.2 Å². The molecule has 0 fully saturated rings. The van der Waals surface area contributed by atoms with Gasteiger partial charge in [0.2, 0.25) is 0 Å². The fourth-order valence-corrected chi connectivity index (χ4v) is 6.48. The summed E-state index contributed by atoms with van der Waals surface area (Å²) in [7, 11) is 0. The zero-order chi connectivity index (χ0) is 34.4. The van der Waals surface area contributed by atoms with Crippen LogP contribution in [0.15, 0.2) is 194 Å². The number of benzene rings is 6. The fourth-order valence-electron chi connectivity index (χ4n) is 6.48. The van der Waals surface area contributed by atoms with Gasteiger partial charge in [-0.25, -0.2) is 9.97 Å². The Bertz CT molecular complexity index is 2340. The highest BCUT2D eigenvalue weighted by Crippen LogP contribution is 2.40. The highest BCUT2D eigenvalue weighted by molar-refractivity contribution is 5.85. The van der Waals surface area contributed by atoms with Crippen LogP contribution in [-0.2, 0) is 6.42 Å². The number of hydrogen-bond acceptors (Lipinski definition) is 4. The van der Waals surface area contributed by atoms with Crippen LogP contribution >= 0.6 is 0 Å². The molecule has 6 aromatic carbocycles. The monoisotopic (exact) mass is 657 g/mol. The van der Waals surface area contributed by atoms with Gasteiger partial charge < -0.3 is 5.11 Å². The van der Waals surface area contributed by atoms with Gasteiger partial charge in [-0.15, -0.1) is 0 Å². The summed E-state index contributed by atoms with van der Waals surface area (Å²) in [5, 5.41) is 11.0. The van der Waals surface area contributed by atoms with Crippen LogP contribution < -0.4 is 4.90 Å². The van der Waals surface area contributed by atoms with Gasteiger partial charge in [-0.2, -0.15) is 0 Å². The van der Waals surface area contributed by atoms with Crippen molar-refractivity contribution in [2.24, 2.45) is 0 Å². The first-order valence-corrected chi connectivity index (χ1v) is 17.1. The van der Waals surface area contributed by atoms with E-state index in [1.54, 1.807) is 6.07 Å². The van der Waals surface area contributed by atoms with Crippen molar-refractivity contribution in [1.29, 1.82) is 0 Å². The van der Waals surface area contributed by atoms with Crippen molar-refractivity contribution in [2.75, 3.05) is 4.90 Å². The lowest BCUT2D eigenvalue weighted by molar-refractivity contribution is 0.477. The van der Waals surface area contributed by atoms with E-state index in [0.29, 0.717) is 11.3 Å². The van der Waals surface area contributed by atoms with E-state index in [9.17, 15) is 5.11 Å². The number of rotatable bonds is 9. The van der Waals surface area contributed by atoms with Crippen LogP contribution in [0.5, 0.6) is 5.75 Å². The van der Waals surface area contributed by atoms with Crippen molar-refractivity contribution in [3.05, 3.63) is 205 Å². The molecule has 51 heavy (non-hydrogen) atoms. The Balaban J connectivity index is 1.30. The lowest BCUT2D eigenvalue weighted by atomic mass is 9.95.